The molecule has 18 heavy (non-hydrogen) atoms. The van der Waals surface area contributed by atoms with Crippen molar-refractivity contribution in [3.05, 3.63) is 29.3 Å². The lowest BCUT2D eigenvalue weighted by Crippen LogP contribution is -2.30. The number of hydrogen-bond donors (Lipinski definition) is 2. The molecular formula is C15H22N2O. The van der Waals surface area contributed by atoms with Gasteiger partial charge in [-0.15, -0.1) is 0 Å². The maximum absolute atomic E-state index is 12.1. The molecule has 0 saturated heterocycles. The molecule has 1 amide bonds. The van der Waals surface area contributed by atoms with E-state index in [-0.39, 0.29) is 5.91 Å². The molecule has 1 aliphatic carbocycles. The summed E-state index contributed by atoms with van der Waals surface area (Å²) >= 11 is 0. The maximum atomic E-state index is 12.1. The smallest absolute Gasteiger partial charge is 0.253 e. The third kappa shape index (κ3) is 2.66. The number of carbonyl (C=O) groups is 1. The third-order valence-corrected chi connectivity index (χ3v) is 3.93. The second-order valence-corrected chi connectivity index (χ2v) is 5.47. The lowest BCUT2D eigenvalue weighted by molar-refractivity contribution is 0.0944. The minimum Gasteiger partial charge on any atom is -0.398 e. The topological polar surface area (TPSA) is 55.1 Å². The van der Waals surface area contributed by atoms with Crippen molar-refractivity contribution in [2.75, 3.05) is 12.3 Å². The van der Waals surface area contributed by atoms with Gasteiger partial charge in [0.1, 0.15) is 0 Å². The highest BCUT2D eigenvalue weighted by atomic mass is 16.1. The lowest BCUT2D eigenvalue weighted by atomic mass is 10.0. The van der Waals surface area contributed by atoms with E-state index in [0.29, 0.717) is 16.7 Å². The number of carbonyl (C=O) groups excluding carboxylic acids is 1. The van der Waals surface area contributed by atoms with E-state index in [1.165, 1.54) is 25.7 Å². The van der Waals surface area contributed by atoms with Crippen LogP contribution in [0, 0.1) is 12.3 Å². The van der Waals surface area contributed by atoms with E-state index in [2.05, 4.69) is 12.2 Å². The van der Waals surface area contributed by atoms with Crippen molar-refractivity contribution in [1.29, 1.82) is 0 Å². The van der Waals surface area contributed by atoms with E-state index in [0.717, 1.165) is 12.1 Å². The van der Waals surface area contributed by atoms with Crippen LogP contribution in [0.3, 0.4) is 0 Å². The quantitative estimate of drug-likeness (QED) is 0.785. The van der Waals surface area contributed by atoms with Crippen LogP contribution in [0.1, 0.15) is 48.5 Å². The van der Waals surface area contributed by atoms with Gasteiger partial charge in [-0.05, 0) is 43.2 Å². The van der Waals surface area contributed by atoms with Gasteiger partial charge >= 0.3 is 0 Å². The fourth-order valence-corrected chi connectivity index (χ4v) is 2.46. The van der Waals surface area contributed by atoms with Crippen molar-refractivity contribution >= 4 is 11.6 Å². The summed E-state index contributed by atoms with van der Waals surface area (Å²) < 4.78 is 0. The Balaban J connectivity index is 1.98. The zero-order valence-corrected chi connectivity index (χ0v) is 11.3. The Morgan fingerprint density at radius 2 is 2.17 bits per heavy atom. The molecule has 3 nitrogen and oxygen atoms in total. The zero-order chi connectivity index (χ0) is 13.2. The van der Waals surface area contributed by atoms with Crippen LogP contribution in [0.5, 0.6) is 0 Å². The number of aryl methyl sites for hydroxylation is 1. The van der Waals surface area contributed by atoms with Crippen LogP contribution in [0.15, 0.2) is 18.2 Å². The molecule has 1 saturated carbocycles. The second-order valence-electron chi connectivity index (χ2n) is 5.47. The van der Waals surface area contributed by atoms with Crippen molar-refractivity contribution < 1.29 is 4.79 Å². The molecule has 1 aliphatic rings. The van der Waals surface area contributed by atoms with Crippen LogP contribution in [-0.4, -0.2) is 12.5 Å². The fraction of sp³-hybridized carbons (Fsp3) is 0.533. The minimum atomic E-state index is -0.0430. The van der Waals surface area contributed by atoms with Gasteiger partial charge in [-0.1, -0.05) is 25.5 Å². The summed E-state index contributed by atoms with van der Waals surface area (Å²) in [5.74, 6) is -0.0430. The highest BCUT2D eigenvalue weighted by Crippen LogP contribution is 2.48. The van der Waals surface area contributed by atoms with E-state index in [9.17, 15) is 4.79 Å². The molecule has 1 aromatic rings. The van der Waals surface area contributed by atoms with Gasteiger partial charge in [-0.3, -0.25) is 4.79 Å². The Labute approximate surface area is 109 Å². The highest BCUT2D eigenvalue weighted by molar-refractivity contribution is 5.99. The van der Waals surface area contributed by atoms with Gasteiger partial charge in [-0.2, -0.15) is 0 Å². The molecule has 0 aromatic heterocycles. The summed E-state index contributed by atoms with van der Waals surface area (Å²) in [6, 6.07) is 5.59. The molecule has 0 unspecified atom stereocenters. The third-order valence-electron chi connectivity index (χ3n) is 3.93. The molecule has 2 rings (SSSR count). The van der Waals surface area contributed by atoms with Gasteiger partial charge in [0.05, 0.1) is 5.56 Å². The fourth-order valence-electron chi connectivity index (χ4n) is 2.46. The van der Waals surface area contributed by atoms with Gasteiger partial charge in [-0.25, -0.2) is 0 Å². The molecule has 0 atom stereocenters. The van der Waals surface area contributed by atoms with Crippen molar-refractivity contribution in [3.8, 4) is 0 Å². The van der Waals surface area contributed by atoms with Crippen LogP contribution in [0.25, 0.3) is 0 Å². The lowest BCUT2D eigenvalue weighted by Gasteiger charge is -2.15. The van der Waals surface area contributed by atoms with Crippen LogP contribution < -0.4 is 11.1 Å². The first-order valence-electron chi connectivity index (χ1n) is 6.71. The van der Waals surface area contributed by atoms with E-state index in [4.69, 9.17) is 5.73 Å². The number of benzene rings is 1. The molecule has 0 spiro atoms. The van der Waals surface area contributed by atoms with E-state index in [1.54, 1.807) is 6.07 Å². The molecular weight excluding hydrogens is 224 g/mol. The number of rotatable bonds is 5. The summed E-state index contributed by atoms with van der Waals surface area (Å²) in [4.78, 5) is 12.1. The molecule has 0 aliphatic heterocycles. The number of hydrogen-bond acceptors (Lipinski definition) is 2. The number of nitrogen functional groups attached to an aromatic ring is 1. The van der Waals surface area contributed by atoms with E-state index < -0.39 is 0 Å². The van der Waals surface area contributed by atoms with Gasteiger partial charge in [0, 0.05) is 12.2 Å². The van der Waals surface area contributed by atoms with Crippen molar-refractivity contribution in [2.45, 2.75) is 39.5 Å². The standard InChI is InChI=1S/C15H22N2O/c1-3-7-15(8-9-15)10-17-14(18)12-6-4-5-11(2)13(12)16/h4-6H,3,7-10,16H2,1-2H3,(H,17,18). The molecule has 0 radical (unpaired) electrons. The Morgan fingerprint density at radius 3 is 2.78 bits per heavy atom. The molecule has 1 fully saturated rings. The summed E-state index contributed by atoms with van der Waals surface area (Å²) in [6.45, 7) is 4.90. The zero-order valence-electron chi connectivity index (χ0n) is 11.3. The average Bonchev–Trinajstić information content (AvgIpc) is 3.11. The van der Waals surface area contributed by atoms with Crippen LogP contribution in [0.2, 0.25) is 0 Å². The largest absolute Gasteiger partial charge is 0.398 e. The number of para-hydroxylation sites is 1. The van der Waals surface area contributed by atoms with Gasteiger partial charge < -0.3 is 11.1 Å². The average molecular weight is 246 g/mol. The molecule has 3 heteroatoms. The predicted octanol–water partition coefficient (Wildman–Crippen LogP) is 2.89. The summed E-state index contributed by atoms with van der Waals surface area (Å²) in [5, 5.41) is 3.04. The summed E-state index contributed by atoms with van der Waals surface area (Å²) in [6.07, 6.45) is 4.87. The Hall–Kier alpha value is -1.51. The van der Waals surface area contributed by atoms with Crippen LogP contribution in [0.4, 0.5) is 5.69 Å². The Morgan fingerprint density at radius 1 is 1.44 bits per heavy atom. The summed E-state index contributed by atoms with van der Waals surface area (Å²) in [5.41, 5.74) is 8.46. The van der Waals surface area contributed by atoms with E-state index in [1.807, 2.05) is 19.1 Å². The number of amides is 1. The SMILES string of the molecule is CCCC1(CNC(=O)c2cccc(C)c2N)CC1. The first kappa shape index (κ1) is 12.9. The minimum absolute atomic E-state index is 0.0430. The van der Waals surface area contributed by atoms with Gasteiger partial charge in [0.2, 0.25) is 0 Å². The van der Waals surface area contributed by atoms with E-state index >= 15 is 0 Å². The number of anilines is 1. The monoisotopic (exact) mass is 246 g/mol. The second kappa shape index (κ2) is 5.01. The first-order valence-corrected chi connectivity index (χ1v) is 6.71. The molecule has 0 bridgehead atoms. The Bertz CT molecular complexity index is 450. The predicted molar refractivity (Wildman–Crippen MR) is 74.5 cm³/mol. The van der Waals surface area contributed by atoms with Crippen LogP contribution >= 0.6 is 0 Å². The highest BCUT2D eigenvalue weighted by Gasteiger charge is 2.41. The van der Waals surface area contributed by atoms with Gasteiger partial charge in [0.25, 0.3) is 5.91 Å². The van der Waals surface area contributed by atoms with Crippen molar-refractivity contribution in [1.82, 2.24) is 5.32 Å². The number of nitrogens with one attached hydrogen (secondary N) is 1. The Kier molecular flexibility index (Phi) is 3.60. The molecule has 0 heterocycles. The van der Waals surface area contributed by atoms with Crippen molar-refractivity contribution in [3.63, 3.8) is 0 Å². The van der Waals surface area contributed by atoms with Crippen LogP contribution in [-0.2, 0) is 0 Å². The normalized spacial score (nSPS) is 16.3. The molecule has 1 aromatic carbocycles. The summed E-state index contributed by atoms with van der Waals surface area (Å²) in [7, 11) is 0. The van der Waals surface area contributed by atoms with Crippen molar-refractivity contribution in [2.24, 2.45) is 5.41 Å². The number of nitrogens with two attached hydrogens (primary N) is 1. The van der Waals surface area contributed by atoms with Gasteiger partial charge in [0.15, 0.2) is 0 Å². The first-order chi connectivity index (χ1) is 8.58. The molecule has 98 valence electrons. The molecule has 3 N–H and O–H groups in total. The maximum Gasteiger partial charge on any atom is 0.253 e.